The summed E-state index contributed by atoms with van der Waals surface area (Å²) in [6, 6.07) is 6.39. The number of ketones is 3. The van der Waals surface area contributed by atoms with Crippen LogP contribution in [0.25, 0.3) is 0 Å². The maximum atomic E-state index is 13.2. The van der Waals surface area contributed by atoms with E-state index in [0.29, 0.717) is 26.2 Å². The van der Waals surface area contributed by atoms with Crippen LogP contribution >= 0.6 is 0 Å². The average molecular weight is 366 g/mol. The fraction of sp³-hybridized carbons (Fsp3) is 0.300. The molecule has 1 saturated heterocycles. The van der Waals surface area contributed by atoms with Crippen molar-refractivity contribution in [3.05, 3.63) is 58.0 Å². The fourth-order valence-corrected chi connectivity index (χ4v) is 3.56. The topological polar surface area (TPSA) is 87.9 Å². The molecule has 1 fully saturated rings. The summed E-state index contributed by atoms with van der Waals surface area (Å²) in [5.74, 6) is -2.33. The van der Waals surface area contributed by atoms with Gasteiger partial charge in [-0.15, -0.1) is 0 Å². The summed E-state index contributed by atoms with van der Waals surface area (Å²) in [4.78, 5) is 54.8. The third-order valence-electron chi connectivity index (χ3n) is 5.08. The van der Waals surface area contributed by atoms with Crippen molar-refractivity contribution >= 4 is 23.3 Å². The van der Waals surface area contributed by atoms with E-state index < -0.39 is 23.3 Å². The SMILES string of the molecule is CC(=O)c1oc2c(c1C(=O)N1CCN(C)CC1)C(=O)c1ccccc1C2=O. The number of amides is 1. The van der Waals surface area contributed by atoms with Gasteiger partial charge in [0.1, 0.15) is 5.56 Å². The zero-order valence-corrected chi connectivity index (χ0v) is 15.1. The summed E-state index contributed by atoms with van der Waals surface area (Å²) >= 11 is 0. The number of carbonyl (C=O) groups is 4. The van der Waals surface area contributed by atoms with Crippen LogP contribution in [0.1, 0.15) is 59.9 Å². The molecule has 1 aliphatic heterocycles. The van der Waals surface area contributed by atoms with E-state index in [9.17, 15) is 19.2 Å². The minimum atomic E-state index is -0.494. The standard InChI is InChI=1S/C20H18N2O5/c1-11(23)18-15(20(26)22-9-7-21(2)8-10-22)14-16(24)12-5-3-4-6-13(12)17(25)19(14)27-18/h3-6H,7-10H2,1-2H3. The van der Waals surface area contributed by atoms with E-state index in [2.05, 4.69) is 4.90 Å². The van der Waals surface area contributed by atoms with Gasteiger partial charge in [-0.1, -0.05) is 24.3 Å². The molecule has 0 radical (unpaired) electrons. The lowest BCUT2D eigenvalue weighted by Crippen LogP contribution is -2.47. The normalized spacial score (nSPS) is 16.9. The van der Waals surface area contributed by atoms with Crippen LogP contribution < -0.4 is 0 Å². The van der Waals surface area contributed by atoms with Crippen molar-refractivity contribution in [1.29, 1.82) is 0 Å². The maximum Gasteiger partial charge on any atom is 0.258 e. The molecular weight excluding hydrogens is 348 g/mol. The first-order valence-electron chi connectivity index (χ1n) is 8.74. The lowest BCUT2D eigenvalue weighted by Gasteiger charge is -2.32. The van der Waals surface area contributed by atoms with Crippen LogP contribution in [0.3, 0.4) is 0 Å². The van der Waals surface area contributed by atoms with Gasteiger partial charge in [-0.2, -0.15) is 0 Å². The summed E-state index contributed by atoms with van der Waals surface area (Å²) < 4.78 is 5.49. The van der Waals surface area contributed by atoms with Gasteiger partial charge >= 0.3 is 0 Å². The minimum Gasteiger partial charge on any atom is -0.448 e. The van der Waals surface area contributed by atoms with E-state index in [0.717, 1.165) is 0 Å². The van der Waals surface area contributed by atoms with Crippen molar-refractivity contribution in [3.63, 3.8) is 0 Å². The molecule has 7 heteroatoms. The summed E-state index contributed by atoms with van der Waals surface area (Å²) in [6.07, 6.45) is 0. The highest BCUT2D eigenvalue weighted by Crippen LogP contribution is 2.34. The number of likely N-dealkylation sites (N-methyl/N-ethyl adjacent to an activating group) is 1. The van der Waals surface area contributed by atoms with E-state index in [-0.39, 0.29) is 33.8 Å². The summed E-state index contributed by atoms with van der Waals surface area (Å²) in [5.41, 5.74) is 0.263. The monoisotopic (exact) mass is 366 g/mol. The highest BCUT2D eigenvalue weighted by atomic mass is 16.4. The second kappa shape index (κ2) is 6.28. The number of nitrogens with zero attached hydrogens (tertiary/aromatic N) is 2. The molecule has 138 valence electrons. The Morgan fingerprint density at radius 1 is 0.963 bits per heavy atom. The van der Waals surface area contributed by atoms with Gasteiger partial charge in [0.25, 0.3) is 5.91 Å². The van der Waals surface area contributed by atoms with Crippen molar-refractivity contribution in [2.75, 3.05) is 33.2 Å². The highest BCUT2D eigenvalue weighted by Gasteiger charge is 2.41. The first-order chi connectivity index (χ1) is 12.9. The molecule has 0 unspecified atom stereocenters. The fourth-order valence-electron chi connectivity index (χ4n) is 3.56. The van der Waals surface area contributed by atoms with E-state index >= 15 is 0 Å². The Hall–Kier alpha value is -3.06. The molecule has 0 saturated carbocycles. The largest absolute Gasteiger partial charge is 0.448 e. The summed E-state index contributed by atoms with van der Waals surface area (Å²) in [6.45, 7) is 3.59. The van der Waals surface area contributed by atoms with Crippen LogP contribution in [0.2, 0.25) is 0 Å². The molecule has 1 aliphatic carbocycles. The molecule has 2 aromatic rings. The van der Waals surface area contributed by atoms with Crippen LogP contribution in [0.15, 0.2) is 28.7 Å². The van der Waals surface area contributed by atoms with Gasteiger partial charge in [-0.3, -0.25) is 19.2 Å². The Bertz CT molecular complexity index is 996. The van der Waals surface area contributed by atoms with Gasteiger partial charge in [0.2, 0.25) is 5.78 Å². The second-order valence-corrected chi connectivity index (χ2v) is 6.87. The third kappa shape index (κ3) is 2.62. The molecule has 1 aromatic carbocycles. The lowest BCUT2D eigenvalue weighted by molar-refractivity contribution is 0.0656. The van der Waals surface area contributed by atoms with Crippen molar-refractivity contribution in [1.82, 2.24) is 9.80 Å². The van der Waals surface area contributed by atoms with Gasteiger partial charge in [0, 0.05) is 44.2 Å². The van der Waals surface area contributed by atoms with Crippen molar-refractivity contribution in [2.45, 2.75) is 6.92 Å². The Morgan fingerprint density at radius 2 is 1.56 bits per heavy atom. The van der Waals surface area contributed by atoms with Gasteiger partial charge in [0.15, 0.2) is 23.1 Å². The van der Waals surface area contributed by atoms with Crippen molar-refractivity contribution < 1.29 is 23.6 Å². The third-order valence-corrected chi connectivity index (χ3v) is 5.08. The second-order valence-electron chi connectivity index (χ2n) is 6.87. The molecule has 0 atom stereocenters. The number of fused-ring (bicyclic) bond motifs is 2. The van der Waals surface area contributed by atoms with Crippen LogP contribution in [-0.4, -0.2) is 66.3 Å². The van der Waals surface area contributed by atoms with E-state index in [1.54, 1.807) is 23.1 Å². The molecule has 2 aliphatic rings. The highest BCUT2D eigenvalue weighted by molar-refractivity contribution is 6.31. The molecule has 0 bridgehead atoms. The first kappa shape index (κ1) is 17.4. The Balaban J connectivity index is 1.87. The van der Waals surface area contributed by atoms with Gasteiger partial charge in [-0.25, -0.2) is 0 Å². The number of hydrogen-bond donors (Lipinski definition) is 0. The summed E-state index contributed by atoms with van der Waals surface area (Å²) in [7, 11) is 1.96. The number of piperazine rings is 1. The molecule has 2 heterocycles. The molecule has 4 rings (SSSR count). The van der Waals surface area contributed by atoms with E-state index in [1.165, 1.54) is 13.0 Å². The minimum absolute atomic E-state index is 0.0880. The molecule has 0 N–H and O–H groups in total. The van der Waals surface area contributed by atoms with Crippen LogP contribution in [0.4, 0.5) is 0 Å². The zero-order chi connectivity index (χ0) is 19.3. The van der Waals surface area contributed by atoms with Crippen molar-refractivity contribution in [2.24, 2.45) is 0 Å². The van der Waals surface area contributed by atoms with Gasteiger partial charge < -0.3 is 14.2 Å². The maximum absolute atomic E-state index is 13.2. The lowest BCUT2D eigenvalue weighted by atomic mass is 9.86. The number of benzene rings is 1. The number of furan rings is 1. The molecule has 27 heavy (non-hydrogen) atoms. The van der Waals surface area contributed by atoms with Crippen LogP contribution in [0, 0.1) is 0 Å². The number of hydrogen-bond acceptors (Lipinski definition) is 6. The summed E-state index contributed by atoms with van der Waals surface area (Å²) in [5, 5.41) is 0. The van der Waals surface area contributed by atoms with Crippen LogP contribution in [-0.2, 0) is 0 Å². The Kier molecular flexibility index (Phi) is 4.04. The van der Waals surface area contributed by atoms with Gasteiger partial charge in [-0.05, 0) is 7.05 Å². The van der Waals surface area contributed by atoms with Crippen LogP contribution in [0.5, 0.6) is 0 Å². The molecular formula is C20H18N2O5. The Labute approximate surface area is 155 Å². The zero-order valence-electron chi connectivity index (χ0n) is 15.1. The average Bonchev–Trinajstić information content (AvgIpc) is 3.07. The van der Waals surface area contributed by atoms with E-state index in [1.807, 2.05) is 7.05 Å². The first-order valence-corrected chi connectivity index (χ1v) is 8.74. The Morgan fingerprint density at radius 3 is 2.15 bits per heavy atom. The number of rotatable bonds is 2. The predicted octanol–water partition coefficient (Wildman–Crippen LogP) is 1.65. The van der Waals surface area contributed by atoms with E-state index in [4.69, 9.17) is 4.42 Å². The quantitative estimate of drug-likeness (QED) is 0.641. The molecule has 7 nitrogen and oxygen atoms in total. The number of Topliss-reactive ketones (excluding diaryl/α,β-unsaturated/α-hetero) is 1. The predicted molar refractivity (Wildman–Crippen MR) is 95.4 cm³/mol. The molecule has 0 spiro atoms. The molecule has 1 amide bonds. The smallest absolute Gasteiger partial charge is 0.258 e. The van der Waals surface area contributed by atoms with Crippen molar-refractivity contribution in [3.8, 4) is 0 Å². The molecule has 1 aromatic heterocycles. The number of carbonyl (C=O) groups excluding carboxylic acids is 4. The van der Waals surface area contributed by atoms with Gasteiger partial charge in [0.05, 0.1) is 5.56 Å².